The molecule has 0 bridgehead atoms. The van der Waals surface area contributed by atoms with Gasteiger partial charge < -0.3 is 10.2 Å². The predicted octanol–water partition coefficient (Wildman–Crippen LogP) is 3.98. The maximum absolute atomic E-state index is 13.5. The molecule has 0 saturated carbocycles. The quantitative estimate of drug-likeness (QED) is 0.792. The van der Waals surface area contributed by atoms with Crippen LogP contribution in [0.4, 0.5) is 15.9 Å². The number of halogens is 1. The average Bonchev–Trinajstić information content (AvgIpc) is 3.00. The van der Waals surface area contributed by atoms with Crippen LogP contribution in [0.1, 0.15) is 11.3 Å². The van der Waals surface area contributed by atoms with Crippen molar-refractivity contribution in [1.29, 1.82) is 0 Å². The maximum atomic E-state index is 13.5. The summed E-state index contributed by atoms with van der Waals surface area (Å²) >= 11 is 0. The number of aromatic nitrogens is 2. The van der Waals surface area contributed by atoms with Crippen molar-refractivity contribution >= 4 is 11.5 Å². The zero-order valence-electron chi connectivity index (χ0n) is 13.3. The van der Waals surface area contributed by atoms with E-state index in [-0.39, 0.29) is 5.82 Å². The molecule has 1 aliphatic rings. The Hall–Kier alpha value is -2.95. The normalized spacial score (nSPS) is 12.8. The van der Waals surface area contributed by atoms with Crippen LogP contribution in [0.5, 0.6) is 0 Å². The van der Waals surface area contributed by atoms with E-state index in [4.69, 9.17) is 0 Å². The molecule has 0 atom stereocenters. The standard InChI is InChI=1S/C19H17FN4/c1-13-8-14(5-6-17(13)20)15-9-18-19(22-10-15)23-12-24(18)11-16-4-2-3-7-21-16/h2-10H,11-12H2,1H3,(H,22,23). The highest BCUT2D eigenvalue weighted by Crippen LogP contribution is 2.34. The molecule has 4 nitrogen and oxygen atoms in total. The number of fused-ring (bicyclic) bond motifs is 1. The van der Waals surface area contributed by atoms with Crippen molar-refractivity contribution in [2.45, 2.75) is 13.5 Å². The number of rotatable bonds is 3. The molecule has 5 heteroatoms. The van der Waals surface area contributed by atoms with Crippen LogP contribution < -0.4 is 10.2 Å². The van der Waals surface area contributed by atoms with Crippen molar-refractivity contribution in [3.63, 3.8) is 0 Å². The number of benzene rings is 1. The Morgan fingerprint density at radius 2 is 2.04 bits per heavy atom. The Balaban J connectivity index is 1.66. The van der Waals surface area contributed by atoms with Gasteiger partial charge in [-0.25, -0.2) is 9.37 Å². The third-order valence-corrected chi connectivity index (χ3v) is 4.22. The van der Waals surface area contributed by atoms with Gasteiger partial charge in [-0.05, 0) is 48.4 Å². The summed E-state index contributed by atoms with van der Waals surface area (Å²) in [6.07, 6.45) is 3.62. The molecule has 4 rings (SSSR count). The second kappa shape index (κ2) is 5.92. The molecule has 0 unspecified atom stereocenters. The van der Waals surface area contributed by atoms with Gasteiger partial charge in [0.15, 0.2) is 5.82 Å². The fourth-order valence-corrected chi connectivity index (χ4v) is 2.90. The Morgan fingerprint density at radius 3 is 2.83 bits per heavy atom. The Bertz CT molecular complexity index is 880. The first-order chi connectivity index (χ1) is 11.7. The van der Waals surface area contributed by atoms with Crippen molar-refractivity contribution in [2.24, 2.45) is 0 Å². The molecule has 2 aromatic heterocycles. The first kappa shape index (κ1) is 14.6. The summed E-state index contributed by atoms with van der Waals surface area (Å²) in [6, 6.07) is 13.2. The minimum Gasteiger partial charge on any atom is -0.351 e. The molecule has 1 aromatic carbocycles. The van der Waals surface area contributed by atoms with Crippen LogP contribution in [-0.2, 0) is 6.54 Å². The number of hydrogen-bond donors (Lipinski definition) is 1. The summed E-state index contributed by atoms with van der Waals surface area (Å²) in [5.41, 5.74) is 4.63. The van der Waals surface area contributed by atoms with E-state index in [9.17, 15) is 4.39 Å². The van der Waals surface area contributed by atoms with E-state index < -0.39 is 0 Å². The molecule has 120 valence electrons. The van der Waals surface area contributed by atoms with Crippen molar-refractivity contribution in [3.05, 3.63) is 71.9 Å². The van der Waals surface area contributed by atoms with Crippen LogP contribution in [0.15, 0.2) is 54.9 Å². The zero-order chi connectivity index (χ0) is 16.5. The molecule has 1 N–H and O–H groups in total. The predicted molar refractivity (Wildman–Crippen MR) is 93.3 cm³/mol. The van der Waals surface area contributed by atoms with Gasteiger partial charge >= 0.3 is 0 Å². The molecule has 0 saturated heterocycles. The maximum Gasteiger partial charge on any atom is 0.151 e. The van der Waals surface area contributed by atoms with E-state index in [2.05, 4.69) is 26.3 Å². The number of nitrogens with one attached hydrogen (secondary N) is 1. The number of nitrogens with zero attached hydrogens (tertiary/aromatic N) is 3. The van der Waals surface area contributed by atoms with Gasteiger partial charge in [0.05, 0.1) is 24.6 Å². The van der Waals surface area contributed by atoms with E-state index in [1.165, 1.54) is 6.07 Å². The highest BCUT2D eigenvalue weighted by molar-refractivity contribution is 5.77. The van der Waals surface area contributed by atoms with Crippen LogP contribution in [0.25, 0.3) is 11.1 Å². The van der Waals surface area contributed by atoms with Crippen molar-refractivity contribution in [1.82, 2.24) is 9.97 Å². The second-order valence-corrected chi connectivity index (χ2v) is 5.91. The van der Waals surface area contributed by atoms with Crippen molar-refractivity contribution in [2.75, 3.05) is 16.9 Å². The van der Waals surface area contributed by atoms with Crippen LogP contribution in [-0.4, -0.2) is 16.6 Å². The van der Waals surface area contributed by atoms with Crippen LogP contribution in [0.3, 0.4) is 0 Å². The third kappa shape index (κ3) is 2.69. The minimum absolute atomic E-state index is 0.189. The SMILES string of the molecule is Cc1cc(-c2cnc3c(c2)N(Cc2ccccn2)CN3)ccc1F. The molecular weight excluding hydrogens is 303 g/mol. The van der Waals surface area contributed by atoms with E-state index in [1.54, 1.807) is 19.2 Å². The lowest BCUT2D eigenvalue weighted by Gasteiger charge is -2.17. The number of anilines is 2. The van der Waals surface area contributed by atoms with E-state index in [0.29, 0.717) is 18.8 Å². The number of aryl methyl sites for hydroxylation is 1. The molecule has 24 heavy (non-hydrogen) atoms. The summed E-state index contributed by atoms with van der Waals surface area (Å²) in [4.78, 5) is 11.1. The van der Waals surface area contributed by atoms with Gasteiger partial charge in [-0.15, -0.1) is 0 Å². The van der Waals surface area contributed by atoms with Gasteiger partial charge in [-0.1, -0.05) is 12.1 Å². The Kier molecular flexibility index (Phi) is 3.61. The molecule has 1 aliphatic heterocycles. The molecule has 0 aliphatic carbocycles. The smallest absolute Gasteiger partial charge is 0.151 e. The van der Waals surface area contributed by atoms with Gasteiger partial charge in [-0.2, -0.15) is 0 Å². The summed E-state index contributed by atoms with van der Waals surface area (Å²) in [6.45, 7) is 3.19. The van der Waals surface area contributed by atoms with Gasteiger partial charge in [0.2, 0.25) is 0 Å². The van der Waals surface area contributed by atoms with Gasteiger partial charge in [0, 0.05) is 18.0 Å². The summed E-state index contributed by atoms with van der Waals surface area (Å²) in [5.74, 6) is 0.680. The second-order valence-electron chi connectivity index (χ2n) is 5.91. The first-order valence-electron chi connectivity index (χ1n) is 7.86. The highest BCUT2D eigenvalue weighted by atomic mass is 19.1. The lowest BCUT2D eigenvalue weighted by Crippen LogP contribution is -2.22. The summed E-state index contributed by atoms with van der Waals surface area (Å²) < 4.78 is 13.5. The lowest BCUT2D eigenvalue weighted by molar-refractivity contribution is 0.619. The molecule has 0 fully saturated rings. The number of pyridine rings is 2. The average molecular weight is 320 g/mol. The van der Waals surface area contributed by atoms with Crippen LogP contribution in [0.2, 0.25) is 0 Å². The Labute approximate surface area is 140 Å². The lowest BCUT2D eigenvalue weighted by atomic mass is 10.0. The van der Waals surface area contributed by atoms with E-state index >= 15 is 0 Å². The summed E-state index contributed by atoms with van der Waals surface area (Å²) in [7, 11) is 0. The monoisotopic (exact) mass is 320 g/mol. The fourth-order valence-electron chi connectivity index (χ4n) is 2.90. The van der Waals surface area contributed by atoms with Gasteiger partial charge in [-0.3, -0.25) is 4.98 Å². The Morgan fingerprint density at radius 1 is 1.12 bits per heavy atom. The minimum atomic E-state index is -0.189. The molecular formula is C19H17FN4. The van der Waals surface area contributed by atoms with Gasteiger partial charge in [0.1, 0.15) is 5.82 Å². The fraction of sp³-hybridized carbons (Fsp3) is 0.158. The van der Waals surface area contributed by atoms with Crippen molar-refractivity contribution < 1.29 is 4.39 Å². The largest absolute Gasteiger partial charge is 0.351 e. The molecule has 0 spiro atoms. The van der Waals surface area contributed by atoms with Gasteiger partial charge in [0.25, 0.3) is 0 Å². The van der Waals surface area contributed by atoms with E-state index in [0.717, 1.165) is 28.3 Å². The summed E-state index contributed by atoms with van der Waals surface area (Å²) in [5, 5.41) is 3.30. The zero-order valence-corrected chi connectivity index (χ0v) is 13.3. The molecule has 0 amide bonds. The number of hydrogen-bond acceptors (Lipinski definition) is 4. The molecule has 0 radical (unpaired) electrons. The molecule has 3 heterocycles. The topological polar surface area (TPSA) is 41.1 Å². The highest BCUT2D eigenvalue weighted by Gasteiger charge is 2.21. The van der Waals surface area contributed by atoms with E-state index in [1.807, 2.05) is 30.5 Å². The first-order valence-corrected chi connectivity index (χ1v) is 7.86. The van der Waals surface area contributed by atoms with Crippen molar-refractivity contribution in [3.8, 4) is 11.1 Å². The van der Waals surface area contributed by atoms with Crippen LogP contribution >= 0.6 is 0 Å². The van der Waals surface area contributed by atoms with Crippen LogP contribution in [0, 0.1) is 12.7 Å². The molecule has 3 aromatic rings. The third-order valence-electron chi connectivity index (χ3n) is 4.22.